The van der Waals surface area contributed by atoms with E-state index in [1.165, 1.54) is 16.5 Å². The Balaban J connectivity index is 1.63. The number of amides is 2. The van der Waals surface area contributed by atoms with Crippen molar-refractivity contribution < 1.29 is 19.1 Å². The normalized spacial score (nSPS) is 13.6. The lowest BCUT2D eigenvalue weighted by Gasteiger charge is -2.16. The van der Waals surface area contributed by atoms with Crippen molar-refractivity contribution >= 4 is 47.0 Å². The van der Waals surface area contributed by atoms with Crippen molar-refractivity contribution in [2.24, 2.45) is 0 Å². The molecule has 2 aromatic rings. The predicted octanol–water partition coefficient (Wildman–Crippen LogP) is 3.09. The van der Waals surface area contributed by atoms with Gasteiger partial charge in [-0.15, -0.1) is 11.8 Å². The van der Waals surface area contributed by atoms with Gasteiger partial charge >= 0.3 is 0 Å². The van der Waals surface area contributed by atoms with Crippen molar-refractivity contribution in [3.63, 3.8) is 0 Å². The van der Waals surface area contributed by atoms with E-state index in [-0.39, 0.29) is 10.7 Å². The van der Waals surface area contributed by atoms with Gasteiger partial charge in [-0.25, -0.2) is 0 Å². The monoisotopic (exact) mass is 428 g/mol. The van der Waals surface area contributed by atoms with Gasteiger partial charge in [0.15, 0.2) is 16.6 Å². The lowest BCUT2D eigenvalue weighted by atomic mass is 10.1. The molecule has 1 saturated heterocycles. The van der Waals surface area contributed by atoms with Gasteiger partial charge in [-0.2, -0.15) is 0 Å². The second kappa shape index (κ2) is 9.58. The number of hydrogen-bond acceptors (Lipinski definition) is 6. The summed E-state index contributed by atoms with van der Waals surface area (Å²) < 4.78 is 11.2. The fourth-order valence-corrected chi connectivity index (χ4v) is 3.53. The van der Waals surface area contributed by atoms with Gasteiger partial charge < -0.3 is 9.47 Å². The standard InChI is InChI=1S/C21H20N2O4S2/c1-13-3-6-15(7-4-13)29-10-9-27-17-8-5-14(12-18(17)26-2)11-16-19(24)22-21(28)23-20(16)25/h3-8,11-12H,9-10H2,1-2H3,(H2,22,23,24,25,28). The summed E-state index contributed by atoms with van der Waals surface area (Å²) in [6.07, 6.45) is 1.48. The zero-order valence-electron chi connectivity index (χ0n) is 16.0. The number of ether oxygens (including phenoxy) is 2. The molecule has 1 aliphatic heterocycles. The molecule has 2 aromatic carbocycles. The highest BCUT2D eigenvalue weighted by molar-refractivity contribution is 7.99. The summed E-state index contributed by atoms with van der Waals surface area (Å²) in [6.45, 7) is 2.57. The Labute approximate surface area is 178 Å². The Hall–Kier alpha value is -2.84. The van der Waals surface area contributed by atoms with Crippen LogP contribution in [0.2, 0.25) is 0 Å². The van der Waals surface area contributed by atoms with Crippen LogP contribution in [0.1, 0.15) is 11.1 Å². The van der Waals surface area contributed by atoms with E-state index in [1.807, 2.05) is 0 Å². The lowest BCUT2D eigenvalue weighted by Crippen LogP contribution is -2.51. The summed E-state index contributed by atoms with van der Waals surface area (Å²) in [7, 11) is 1.54. The Bertz CT molecular complexity index is 949. The Kier molecular flexibility index (Phi) is 6.90. The first kappa shape index (κ1) is 20.9. The molecule has 1 aliphatic rings. The van der Waals surface area contributed by atoms with Crippen LogP contribution in [0.3, 0.4) is 0 Å². The summed E-state index contributed by atoms with van der Waals surface area (Å²) in [5.41, 5.74) is 1.84. The maximum absolute atomic E-state index is 12.0. The van der Waals surface area contributed by atoms with Crippen LogP contribution in [0.15, 0.2) is 52.9 Å². The average Bonchev–Trinajstić information content (AvgIpc) is 2.70. The van der Waals surface area contributed by atoms with E-state index in [9.17, 15) is 9.59 Å². The number of aryl methyl sites for hydroxylation is 1. The van der Waals surface area contributed by atoms with Gasteiger partial charge in [0.1, 0.15) is 5.57 Å². The molecule has 8 heteroatoms. The molecule has 2 N–H and O–H groups in total. The number of thioether (sulfide) groups is 1. The van der Waals surface area contributed by atoms with Gasteiger partial charge in [0.25, 0.3) is 11.8 Å². The molecule has 0 bridgehead atoms. The Morgan fingerprint density at radius 3 is 2.38 bits per heavy atom. The van der Waals surface area contributed by atoms with Crippen LogP contribution in [-0.4, -0.2) is 36.4 Å². The van der Waals surface area contributed by atoms with E-state index in [4.69, 9.17) is 21.7 Å². The minimum absolute atomic E-state index is 0.00184. The van der Waals surface area contributed by atoms with E-state index in [1.54, 1.807) is 37.1 Å². The fourth-order valence-electron chi connectivity index (χ4n) is 2.61. The molecule has 6 nitrogen and oxygen atoms in total. The Morgan fingerprint density at radius 2 is 1.72 bits per heavy atom. The fraction of sp³-hybridized carbons (Fsp3) is 0.190. The van der Waals surface area contributed by atoms with E-state index < -0.39 is 11.8 Å². The number of methoxy groups -OCH3 is 1. The van der Waals surface area contributed by atoms with Crippen LogP contribution < -0.4 is 20.1 Å². The van der Waals surface area contributed by atoms with Crippen molar-refractivity contribution in [2.75, 3.05) is 19.5 Å². The maximum Gasteiger partial charge on any atom is 0.263 e. The van der Waals surface area contributed by atoms with Crippen LogP contribution in [0.5, 0.6) is 11.5 Å². The first-order valence-electron chi connectivity index (χ1n) is 8.85. The summed E-state index contributed by atoms with van der Waals surface area (Å²) in [5, 5.41) is 4.81. The molecule has 0 radical (unpaired) electrons. The van der Waals surface area contributed by atoms with Crippen molar-refractivity contribution in [3.8, 4) is 11.5 Å². The molecule has 1 heterocycles. The zero-order chi connectivity index (χ0) is 20.8. The second-order valence-electron chi connectivity index (χ2n) is 6.22. The summed E-state index contributed by atoms with van der Waals surface area (Å²) in [5.74, 6) is 0.834. The van der Waals surface area contributed by atoms with Gasteiger partial charge in [0, 0.05) is 10.6 Å². The number of nitrogens with one attached hydrogen (secondary N) is 2. The summed E-state index contributed by atoms with van der Waals surface area (Å²) in [4.78, 5) is 25.1. The first-order valence-corrected chi connectivity index (χ1v) is 10.2. The summed E-state index contributed by atoms with van der Waals surface area (Å²) >= 11 is 6.51. The third kappa shape index (κ3) is 5.58. The van der Waals surface area contributed by atoms with Crippen molar-refractivity contribution in [1.82, 2.24) is 10.6 Å². The van der Waals surface area contributed by atoms with E-state index in [0.717, 1.165) is 5.75 Å². The van der Waals surface area contributed by atoms with Crippen LogP contribution in [0, 0.1) is 6.92 Å². The highest BCUT2D eigenvalue weighted by Gasteiger charge is 2.25. The van der Waals surface area contributed by atoms with Gasteiger partial charge in [-0.05, 0) is 55.0 Å². The minimum atomic E-state index is -0.536. The topological polar surface area (TPSA) is 76.7 Å². The SMILES string of the molecule is COc1cc(C=C2C(=O)NC(=S)NC2=O)ccc1OCCSc1ccc(C)cc1. The number of thiocarbonyl (C=S) groups is 1. The highest BCUT2D eigenvalue weighted by Crippen LogP contribution is 2.29. The smallest absolute Gasteiger partial charge is 0.263 e. The maximum atomic E-state index is 12.0. The molecule has 0 aromatic heterocycles. The van der Waals surface area contributed by atoms with Gasteiger partial charge in [-0.1, -0.05) is 23.8 Å². The van der Waals surface area contributed by atoms with E-state index in [0.29, 0.717) is 23.7 Å². The second-order valence-corrected chi connectivity index (χ2v) is 7.79. The number of carbonyl (C=O) groups is 2. The van der Waals surface area contributed by atoms with Crippen molar-refractivity contribution in [2.45, 2.75) is 11.8 Å². The van der Waals surface area contributed by atoms with Gasteiger partial charge in [0.2, 0.25) is 0 Å². The van der Waals surface area contributed by atoms with Crippen molar-refractivity contribution in [1.29, 1.82) is 0 Å². The molecule has 2 amide bonds. The quantitative estimate of drug-likeness (QED) is 0.232. The number of hydrogen-bond donors (Lipinski definition) is 2. The third-order valence-corrected chi connectivity index (χ3v) is 5.25. The first-order chi connectivity index (χ1) is 14.0. The predicted molar refractivity (Wildman–Crippen MR) is 117 cm³/mol. The average molecular weight is 429 g/mol. The molecule has 0 atom stereocenters. The third-order valence-electron chi connectivity index (χ3n) is 4.07. The van der Waals surface area contributed by atoms with E-state index >= 15 is 0 Å². The molecule has 0 spiro atoms. The molecule has 0 aliphatic carbocycles. The van der Waals surface area contributed by atoms with Crippen LogP contribution in [0.4, 0.5) is 0 Å². The summed E-state index contributed by atoms with van der Waals surface area (Å²) in [6, 6.07) is 13.6. The number of benzene rings is 2. The molecule has 3 rings (SSSR count). The van der Waals surface area contributed by atoms with E-state index in [2.05, 4.69) is 41.8 Å². The molecule has 0 saturated carbocycles. The molecule has 150 valence electrons. The van der Waals surface area contributed by atoms with Crippen LogP contribution >= 0.6 is 24.0 Å². The zero-order valence-corrected chi connectivity index (χ0v) is 17.6. The van der Waals surface area contributed by atoms with Gasteiger partial charge in [0.05, 0.1) is 13.7 Å². The number of rotatable bonds is 7. The highest BCUT2D eigenvalue weighted by atomic mass is 32.2. The van der Waals surface area contributed by atoms with Gasteiger partial charge in [-0.3, -0.25) is 20.2 Å². The lowest BCUT2D eigenvalue weighted by molar-refractivity contribution is -0.123. The molecule has 0 unspecified atom stereocenters. The largest absolute Gasteiger partial charge is 0.493 e. The molecule has 29 heavy (non-hydrogen) atoms. The molecule has 1 fully saturated rings. The molecular weight excluding hydrogens is 408 g/mol. The van der Waals surface area contributed by atoms with Crippen molar-refractivity contribution in [3.05, 3.63) is 59.2 Å². The molecular formula is C21H20N2O4S2. The Morgan fingerprint density at radius 1 is 1.03 bits per heavy atom. The number of carbonyl (C=O) groups excluding carboxylic acids is 2. The van der Waals surface area contributed by atoms with Crippen LogP contribution in [-0.2, 0) is 9.59 Å². The van der Waals surface area contributed by atoms with Crippen LogP contribution in [0.25, 0.3) is 6.08 Å². The minimum Gasteiger partial charge on any atom is -0.493 e.